The number of nitrogens with one attached hydrogen (secondary N) is 2. The number of alkyl carbamates (subject to hydrolysis) is 1. The van der Waals surface area contributed by atoms with Crippen molar-refractivity contribution in [2.75, 3.05) is 6.61 Å². The normalized spacial score (nSPS) is 20.0. The Hall–Kier alpha value is -2.37. The Labute approximate surface area is 154 Å². The SMILES string of the molecule is O=C(NC1CC(N[C@@H](CO)Cc2ccccc2)C1)OCc1ccccc1. The number of hydrogen-bond acceptors (Lipinski definition) is 4. The third kappa shape index (κ3) is 5.58. The van der Waals surface area contributed by atoms with Crippen LogP contribution in [0.15, 0.2) is 60.7 Å². The van der Waals surface area contributed by atoms with Crippen molar-refractivity contribution in [2.24, 2.45) is 0 Å². The Morgan fingerprint density at radius 3 is 2.23 bits per heavy atom. The molecular formula is C21H26N2O3. The summed E-state index contributed by atoms with van der Waals surface area (Å²) in [4.78, 5) is 11.9. The summed E-state index contributed by atoms with van der Waals surface area (Å²) >= 11 is 0. The first-order chi connectivity index (χ1) is 12.7. The Morgan fingerprint density at radius 2 is 1.62 bits per heavy atom. The topological polar surface area (TPSA) is 70.6 Å². The highest BCUT2D eigenvalue weighted by molar-refractivity contribution is 5.67. The van der Waals surface area contributed by atoms with Crippen LogP contribution in [-0.2, 0) is 17.8 Å². The minimum atomic E-state index is -0.375. The quantitative estimate of drug-likeness (QED) is 0.682. The highest BCUT2D eigenvalue weighted by Crippen LogP contribution is 2.21. The zero-order chi connectivity index (χ0) is 18.2. The zero-order valence-electron chi connectivity index (χ0n) is 14.8. The van der Waals surface area contributed by atoms with Crippen LogP contribution in [0.3, 0.4) is 0 Å². The number of benzene rings is 2. The van der Waals surface area contributed by atoms with Crippen LogP contribution >= 0.6 is 0 Å². The lowest BCUT2D eigenvalue weighted by molar-refractivity contribution is 0.122. The first-order valence-electron chi connectivity index (χ1n) is 9.11. The van der Waals surface area contributed by atoms with Gasteiger partial charge in [0.25, 0.3) is 0 Å². The highest BCUT2D eigenvalue weighted by atomic mass is 16.5. The molecule has 1 amide bonds. The van der Waals surface area contributed by atoms with Gasteiger partial charge in [0.1, 0.15) is 6.61 Å². The van der Waals surface area contributed by atoms with Crippen molar-refractivity contribution in [1.29, 1.82) is 0 Å². The first-order valence-corrected chi connectivity index (χ1v) is 9.11. The van der Waals surface area contributed by atoms with E-state index in [1.165, 1.54) is 5.56 Å². The average molecular weight is 354 g/mol. The van der Waals surface area contributed by atoms with Crippen molar-refractivity contribution >= 4 is 6.09 Å². The van der Waals surface area contributed by atoms with Gasteiger partial charge in [0.2, 0.25) is 0 Å². The maximum atomic E-state index is 11.9. The Morgan fingerprint density at radius 1 is 1.00 bits per heavy atom. The van der Waals surface area contributed by atoms with Gasteiger partial charge in [-0.3, -0.25) is 0 Å². The molecule has 3 N–H and O–H groups in total. The molecule has 0 radical (unpaired) electrons. The van der Waals surface area contributed by atoms with Gasteiger partial charge >= 0.3 is 6.09 Å². The summed E-state index contributed by atoms with van der Waals surface area (Å²) in [6.07, 6.45) is 2.13. The molecule has 2 aromatic carbocycles. The largest absolute Gasteiger partial charge is 0.445 e. The molecule has 2 aromatic rings. The molecule has 0 unspecified atom stereocenters. The second-order valence-electron chi connectivity index (χ2n) is 6.81. The molecule has 0 bridgehead atoms. The molecule has 3 rings (SSSR count). The molecule has 0 aromatic heterocycles. The van der Waals surface area contributed by atoms with Gasteiger partial charge in [0, 0.05) is 18.1 Å². The van der Waals surface area contributed by atoms with Crippen LogP contribution in [-0.4, -0.2) is 35.9 Å². The van der Waals surface area contributed by atoms with Crippen LogP contribution in [0, 0.1) is 0 Å². The lowest BCUT2D eigenvalue weighted by Crippen LogP contribution is -2.55. The van der Waals surface area contributed by atoms with Gasteiger partial charge in [-0.05, 0) is 30.4 Å². The zero-order valence-corrected chi connectivity index (χ0v) is 14.8. The van der Waals surface area contributed by atoms with E-state index < -0.39 is 0 Å². The Kier molecular flexibility index (Phi) is 6.63. The molecule has 1 aliphatic rings. The maximum Gasteiger partial charge on any atom is 0.407 e. The fraction of sp³-hybridized carbons (Fsp3) is 0.381. The van der Waals surface area contributed by atoms with Gasteiger partial charge in [0.15, 0.2) is 0 Å². The number of rotatable bonds is 8. The lowest BCUT2D eigenvalue weighted by atomic mass is 9.86. The minimum absolute atomic E-state index is 0.0355. The predicted molar refractivity (Wildman–Crippen MR) is 101 cm³/mol. The second kappa shape index (κ2) is 9.36. The molecule has 138 valence electrons. The molecule has 0 aliphatic heterocycles. The number of ether oxygens (including phenoxy) is 1. The number of carbonyl (C=O) groups excluding carboxylic acids is 1. The van der Waals surface area contributed by atoms with Crippen molar-refractivity contribution < 1.29 is 14.6 Å². The Bertz CT molecular complexity index is 672. The van der Waals surface area contributed by atoms with E-state index in [4.69, 9.17) is 4.74 Å². The molecule has 1 aliphatic carbocycles. The second-order valence-corrected chi connectivity index (χ2v) is 6.81. The van der Waals surface area contributed by atoms with Crippen molar-refractivity contribution in [3.8, 4) is 0 Å². The maximum absolute atomic E-state index is 11.9. The standard InChI is InChI=1S/C21H26N2O3/c24-14-20(11-16-7-3-1-4-8-16)22-18-12-19(13-18)23-21(25)26-15-17-9-5-2-6-10-17/h1-10,18-20,22,24H,11-15H2,(H,23,25)/t18?,19?,20-/m1/s1. The molecule has 1 atom stereocenters. The van der Waals surface area contributed by atoms with Crippen LogP contribution in [0.25, 0.3) is 0 Å². The number of hydrogen-bond donors (Lipinski definition) is 3. The monoisotopic (exact) mass is 354 g/mol. The van der Waals surface area contributed by atoms with Crippen LogP contribution < -0.4 is 10.6 Å². The van der Waals surface area contributed by atoms with Crippen LogP contribution in [0.4, 0.5) is 4.79 Å². The minimum Gasteiger partial charge on any atom is -0.445 e. The molecule has 1 saturated carbocycles. The molecule has 0 spiro atoms. The predicted octanol–water partition coefficient (Wildman–Crippen LogP) is 2.64. The lowest BCUT2D eigenvalue weighted by Gasteiger charge is -2.38. The third-order valence-corrected chi connectivity index (χ3v) is 4.69. The van der Waals surface area contributed by atoms with Crippen molar-refractivity contribution in [2.45, 2.75) is 44.0 Å². The molecule has 5 nitrogen and oxygen atoms in total. The van der Waals surface area contributed by atoms with Crippen LogP contribution in [0.1, 0.15) is 24.0 Å². The molecule has 0 heterocycles. The van der Waals surface area contributed by atoms with Crippen molar-refractivity contribution in [3.63, 3.8) is 0 Å². The summed E-state index contributed by atoms with van der Waals surface area (Å²) < 4.78 is 5.24. The smallest absolute Gasteiger partial charge is 0.407 e. The molecule has 5 heteroatoms. The summed E-state index contributed by atoms with van der Waals surface area (Å²) in [5.74, 6) is 0. The number of aliphatic hydroxyl groups is 1. The number of aliphatic hydroxyl groups excluding tert-OH is 1. The van der Waals surface area contributed by atoms with Gasteiger partial charge in [-0.25, -0.2) is 4.79 Å². The van der Waals surface area contributed by atoms with Crippen LogP contribution in [0.5, 0.6) is 0 Å². The summed E-state index contributed by atoms with van der Waals surface area (Å²) in [7, 11) is 0. The van der Waals surface area contributed by atoms with Gasteiger partial charge in [-0.1, -0.05) is 60.7 Å². The molecule has 1 fully saturated rings. The number of amides is 1. The van der Waals surface area contributed by atoms with E-state index in [1.54, 1.807) is 0 Å². The van der Waals surface area contributed by atoms with Crippen molar-refractivity contribution in [3.05, 3.63) is 71.8 Å². The summed E-state index contributed by atoms with van der Waals surface area (Å²) in [6, 6.07) is 20.3. The van der Waals surface area contributed by atoms with Crippen LogP contribution in [0.2, 0.25) is 0 Å². The first kappa shape index (κ1) is 18.4. The third-order valence-electron chi connectivity index (χ3n) is 4.69. The molecule has 0 saturated heterocycles. The van der Waals surface area contributed by atoms with Gasteiger partial charge < -0.3 is 20.5 Å². The summed E-state index contributed by atoms with van der Waals surface area (Å²) in [5, 5.41) is 16.0. The van der Waals surface area contributed by atoms with E-state index in [-0.39, 0.29) is 31.4 Å². The number of carbonyl (C=O) groups is 1. The van der Waals surface area contributed by atoms with E-state index in [0.29, 0.717) is 6.04 Å². The summed E-state index contributed by atoms with van der Waals surface area (Å²) in [5.41, 5.74) is 2.18. The van der Waals surface area contributed by atoms with E-state index in [1.807, 2.05) is 48.5 Å². The average Bonchev–Trinajstić information content (AvgIpc) is 2.65. The van der Waals surface area contributed by atoms with Gasteiger partial charge in [-0.2, -0.15) is 0 Å². The Balaban J connectivity index is 1.33. The molecule has 26 heavy (non-hydrogen) atoms. The van der Waals surface area contributed by atoms with Crippen molar-refractivity contribution in [1.82, 2.24) is 10.6 Å². The van der Waals surface area contributed by atoms with E-state index in [9.17, 15) is 9.90 Å². The van der Waals surface area contributed by atoms with E-state index in [2.05, 4.69) is 22.8 Å². The highest BCUT2D eigenvalue weighted by Gasteiger charge is 2.31. The fourth-order valence-electron chi connectivity index (χ4n) is 3.21. The van der Waals surface area contributed by atoms with E-state index in [0.717, 1.165) is 24.8 Å². The van der Waals surface area contributed by atoms with E-state index >= 15 is 0 Å². The van der Waals surface area contributed by atoms with Gasteiger partial charge in [-0.15, -0.1) is 0 Å². The molecular weight excluding hydrogens is 328 g/mol. The fourth-order valence-corrected chi connectivity index (χ4v) is 3.21. The van der Waals surface area contributed by atoms with Gasteiger partial charge in [0.05, 0.1) is 6.61 Å². The summed E-state index contributed by atoms with van der Waals surface area (Å²) in [6.45, 7) is 0.382.